The maximum Gasteiger partial charge on any atom is 0.153 e. The van der Waals surface area contributed by atoms with Crippen LogP contribution in [0, 0.1) is 0 Å². The number of aromatic nitrogens is 3. The van der Waals surface area contributed by atoms with Gasteiger partial charge in [-0.1, -0.05) is 39.0 Å². The largest absolute Gasteiger partial charge is 0.494 e. The Morgan fingerprint density at radius 2 is 1.83 bits per heavy atom. The van der Waals surface area contributed by atoms with E-state index in [1.54, 1.807) is 13.3 Å². The maximum atomic E-state index is 5.49. The third kappa shape index (κ3) is 3.27. The predicted molar refractivity (Wildman–Crippen MR) is 98.0 cm³/mol. The molecule has 0 spiro atoms. The van der Waals surface area contributed by atoms with E-state index in [-0.39, 0.29) is 5.41 Å². The highest BCUT2D eigenvalue weighted by Gasteiger charge is 2.21. The van der Waals surface area contributed by atoms with Gasteiger partial charge in [0.2, 0.25) is 0 Å². The van der Waals surface area contributed by atoms with E-state index in [1.165, 1.54) is 0 Å². The summed E-state index contributed by atoms with van der Waals surface area (Å²) in [7, 11) is 1.67. The van der Waals surface area contributed by atoms with Crippen molar-refractivity contribution in [3.8, 4) is 5.75 Å². The molecule has 0 bridgehead atoms. The quantitative estimate of drug-likeness (QED) is 0.713. The number of para-hydroxylation sites is 1. The van der Waals surface area contributed by atoms with Crippen LogP contribution in [-0.4, -0.2) is 22.1 Å². The molecule has 3 aromatic rings. The molecule has 3 rings (SSSR count). The van der Waals surface area contributed by atoms with Crippen LogP contribution in [0.25, 0.3) is 23.1 Å². The van der Waals surface area contributed by atoms with Gasteiger partial charge in [-0.25, -0.2) is 9.97 Å². The predicted octanol–water partition coefficient (Wildman–Crippen LogP) is 4.50. The van der Waals surface area contributed by atoms with Gasteiger partial charge in [0.15, 0.2) is 5.82 Å². The van der Waals surface area contributed by atoms with E-state index in [9.17, 15) is 0 Å². The summed E-state index contributed by atoms with van der Waals surface area (Å²) in [5.74, 6) is 1.43. The Balaban J connectivity index is 2.17. The summed E-state index contributed by atoms with van der Waals surface area (Å²) < 4.78 is 5.49. The van der Waals surface area contributed by atoms with Crippen molar-refractivity contribution in [2.45, 2.75) is 26.2 Å². The molecule has 0 N–H and O–H groups in total. The number of pyridine rings is 1. The van der Waals surface area contributed by atoms with Crippen molar-refractivity contribution in [3.63, 3.8) is 0 Å². The van der Waals surface area contributed by atoms with Crippen LogP contribution in [0.3, 0.4) is 0 Å². The molecule has 24 heavy (non-hydrogen) atoms. The second-order valence-electron chi connectivity index (χ2n) is 6.66. The Bertz CT molecular complexity index is 881. The summed E-state index contributed by atoms with van der Waals surface area (Å²) in [6, 6.07) is 9.86. The van der Waals surface area contributed by atoms with Crippen molar-refractivity contribution in [2.24, 2.45) is 0 Å². The van der Waals surface area contributed by atoms with Gasteiger partial charge in [-0.05, 0) is 29.8 Å². The summed E-state index contributed by atoms with van der Waals surface area (Å²) in [4.78, 5) is 13.6. The fourth-order valence-electron chi connectivity index (χ4n) is 2.60. The van der Waals surface area contributed by atoms with Crippen LogP contribution in [-0.2, 0) is 5.41 Å². The van der Waals surface area contributed by atoms with Gasteiger partial charge in [0.1, 0.15) is 11.3 Å². The first-order valence-corrected chi connectivity index (χ1v) is 7.92. The number of benzene rings is 1. The third-order valence-corrected chi connectivity index (χ3v) is 3.75. The molecule has 122 valence electrons. The molecule has 0 aliphatic carbocycles. The highest BCUT2D eigenvalue weighted by Crippen LogP contribution is 2.32. The Hall–Kier alpha value is -2.75. The molecule has 0 atom stereocenters. The molecule has 0 amide bonds. The van der Waals surface area contributed by atoms with Gasteiger partial charge < -0.3 is 4.74 Å². The normalized spacial score (nSPS) is 12.0. The third-order valence-electron chi connectivity index (χ3n) is 3.75. The van der Waals surface area contributed by atoms with Gasteiger partial charge in [0.25, 0.3) is 0 Å². The maximum absolute atomic E-state index is 5.49. The number of nitrogens with zero attached hydrogens (tertiary/aromatic N) is 3. The second-order valence-corrected chi connectivity index (χ2v) is 6.66. The molecule has 4 nitrogen and oxygen atoms in total. The summed E-state index contributed by atoms with van der Waals surface area (Å²) in [5.41, 5.74) is 2.77. The molecule has 0 saturated heterocycles. The van der Waals surface area contributed by atoms with Crippen LogP contribution >= 0.6 is 0 Å². The van der Waals surface area contributed by atoms with Gasteiger partial charge in [0.05, 0.1) is 12.8 Å². The number of hydrogen-bond acceptors (Lipinski definition) is 4. The zero-order valence-electron chi connectivity index (χ0n) is 14.4. The molecule has 4 heteroatoms. The second kappa shape index (κ2) is 6.40. The van der Waals surface area contributed by atoms with Crippen molar-refractivity contribution in [1.29, 1.82) is 0 Å². The number of fused-ring (bicyclic) bond motifs is 1. The minimum atomic E-state index is -0.0928. The van der Waals surface area contributed by atoms with E-state index >= 15 is 0 Å². The van der Waals surface area contributed by atoms with E-state index in [4.69, 9.17) is 14.7 Å². The van der Waals surface area contributed by atoms with Crippen molar-refractivity contribution in [3.05, 3.63) is 59.8 Å². The lowest BCUT2D eigenvalue weighted by Crippen LogP contribution is -2.15. The zero-order valence-corrected chi connectivity index (χ0v) is 14.4. The van der Waals surface area contributed by atoms with Gasteiger partial charge >= 0.3 is 0 Å². The molecule has 2 aromatic heterocycles. The topological polar surface area (TPSA) is 47.9 Å². The first-order valence-electron chi connectivity index (χ1n) is 7.92. The van der Waals surface area contributed by atoms with Crippen molar-refractivity contribution in [2.75, 3.05) is 7.11 Å². The number of rotatable bonds is 3. The highest BCUT2D eigenvalue weighted by molar-refractivity contribution is 5.88. The van der Waals surface area contributed by atoms with Crippen LogP contribution in [0.5, 0.6) is 5.75 Å². The molecule has 1 aromatic carbocycles. The summed E-state index contributed by atoms with van der Waals surface area (Å²) >= 11 is 0. The monoisotopic (exact) mass is 319 g/mol. The van der Waals surface area contributed by atoms with E-state index in [0.717, 1.165) is 27.9 Å². The zero-order chi connectivity index (χ0) is 17.2. The van der Waals surface area contributed by atoms with Gasteiger partial charge in [-0.3, -0.25) is 4.98 Å². The average Bonchev–Trinajstić information content (AvgIpc) is 2.58. The fraction of sp³-hybridized carbons (Fsp3) is 0.250. The van der Waals surface area contributed by atoms with Crippen LogP contribution in [0.2, 0.25) is 0 Å². The average molecular weight is 319 g/mol. The lowest BCUT2D eigenvalue weighted by molar-refractivity contribution is 0.418. The summed E-state index contributed by atoms with van der Waals surface area (Å²) in [6.45, 7) is 6.47. The standard InChI is InChI=1S/C20H21N3O/c1-20(2,3)19-15-8-5-9-16(24-4)18(15)22-17(23-19)11-10-14-7-6-12-21-13-14/h5-13H,1-4H3/b11-10+. The molecule has 0 aliphatic heterocycles. The molecule has 0 unspecified atom stereocenters. The first-order chi connectivity index (χ1) is 11.5. The van der Waals surface area contributed by atoms with Crippen LogP contribution < -0.4 is 4.74 Å². The number of ether oxygens (including phenoxy) is 1. The molecule has 2 heterocycles. The van der Waals surface area contributed by atoms with Gasteiger partial charge in [0, 0.05) is 23.2 Å². The van der Waals surface area contributed by atoms with Crippen LogP contribution in [0.4, 0.5) is 0 Å². The minimum Gasteiger partial charge on any atom is -0.494 e. The summed E-state index contributed by atoms with van der Waals surface area (Å²) in [5, 5.41) is 1.03. The highest BCUT2D eigenvalue weighted by atomic mass is 16.5. The molecule has 0 aliphatic rings. The SMILES string of the molecule is COc1cccc2c(C(C)(C)C)nc(/C=C/c3cccnc3)nc12. The molecular formula is C20H21N3O. The lowest BCUT2D eigenvalue weighted by Gasteiger charge is -2.20. The minimum absolute atomic E-state index is 0.0928. The molecule has 0 radical (unpaired) electrons. The lowest BCUT2D eigenvalue weighted by atomic mass is 9.89. The van der Waals surface area contributed by atoms with Gasteiger partial charge in [-0.15, -0.1) is 0 Å². The van der Waals surface area contributed by atoms with E-state index in [0.29, 0.717) is 5.82 Å². The molecule has 0 saturated carbocycles. The van der Waals surface area contributed by atoms with Crippen LogP contribution in [0.1, 0.15) is 37.9 Å². The summed E-state index contributed by atoms with van der Waals surface area (Å²) in [6.07, 6.45) is 7.45. The Morgan fingerprint density at radius 3 is 2.50 bits per heavy atom. The van der Waals surface area contributed by atoms with Crippen molar-refractivity contribution >= 4 is 23.1 Å². The molecular weight excluding hydrogens is 298 g/mol. The van der Waals surface area contributed by atoms with Crippen molar-refractivity contribution in [1.82, 2.24) is 15.0 Å². The fourth-order valence-corrected chi connectivity index (χ4v) is 2.60. The molecule has 0 fully saturated rings. The number of methoxy groups -OCH3 is 1. The van der Waals surface area contributed by atoms with Crippen LogP contribution in [0.15, 0.2) is 42.7 Å². The number of hydrogen-bond donors (Lipinski definition) is 0. The first kappa shape index (κ1) is 16.1. The Kier molecular flexibility index (Phi) is 4.30. The van der Waals surface area contributed by atoms with Gasteiger partial charge in [-0.2, -0.15) is 0 Å². The van der Waals surface area contributed by atoms with E-state index in [1.807, 2.05) is 48.7 Å². The van der Waals surface area contributed by atoms with E-state index in [2.05, 4.69) is 25.8 Å². The van der Waals surface area contributed by atoms with Crippen molar-refractivity contribution < 1.29 is 4.74 Å². The smallest absolute Gasteiger partial charge is 0.153 e. The van der Waals surface area contributed by atoms with E-state index < -0.39 is 0 Å². The Morgan fingerprint density at radius 1 is 1.00 bits per heavy atom. The Labute approximate surface area is 142 Å².